The van der Waals surface area contributed by atoms with Gasteiger partial charge in [0.2, 0.25) is 41.4 Å². The van der Waals surface area contributed by atoms with Crippen molar-refractivity contribution in [2.24, 2.45) is 90.4 Å². The highest BCUT2D eigenvalue weighted by molar-refractivity contribution is 5.98. The number of aromatic amines is 1. The van der Waals surface area contributed by atoms with Crippen LogP contribution < -0.4 is 72.5 Å². The molecule has 107 heavy (non-hydrogen) atoms. The summed E-state index contributed by atoms with van der Waals surface area (Å²) in [6.45, 7) is 6.53. The third-order valence-electron chi connectivity index (χ3n) is 17.8. The van der Waals surface area contributed by atoms with Crippen LogP contribution in [0.3, 0.4) is 0 Å². The zero-order chi connectivity index (χ0) is 81.0. The Morgan fingerprint density at radius 1 is 0.449 bits per heavy atom. The zero-order valence-electron chi connectivity index (χ0n) is 63.3. The number of Topliss-reactive ketones (excluding diaryl/α,β-unsaturated/α-hetero) is 5. The molecule has 0 saturated carbocycles. The fraction of sp³-hybridized carbons (Fsp3) is 0.732. The number of hydrogen-bond donors (Lipinski definition) is 19. The van der Waals surface area contributed by atoms with Crippen molar-refractivity contribution in [1.29, 1.82) is 0 Å². The van der Waals surface area contributed by atoms with E-state index in [9.17, 15) is 82.8 Å². The van der Waals surface area contributed by atoms with Gasteiger partial charge in [0.1, 0.15) is 18.1 Å². The molecule has 27 N–H and O–H groups in total. The number of rotatable bonds is 62. The van der Waals surface area contributed by atoms with Crippen molar-refractivity contribution in [3.63, 3.8) is 0 Å². The van der Waals surface area contributed by atoms with Crippen LogP contribution >= 0.6 is 0 Å². The number of aliphatic hydroxyl groups is 4. The first kappa shape index (κ1) is 98.0. The van der Waals surface area contributed by atoms with Crippen LogP contribution in [-0.4, -0.2) is 205 Å². The van der Waals surface area contributed by atoms with Gasteiger partial charge >= 0.3 is 5.97 Å². The SMILES string of the molecule is CCCCCCCCCCCCCCCC(=O)N[C@@H](CCCN=C(N)N)C(=O)C[C@@H](Cc1cnc[nH]1)C(=O)N[C@@H](CCCN=C(N)N)C(=O)CC.C[C@@H](CCC(N)=O)C(=O)N[C@H](C(=O)C[C@@H](CCCN=C(N)N)C(=O)N[C@@H](CO)C(=O)C[C@@H](CO)C(=O)N[C@H](C(=O)C[C@@H](CCC(=O)O)C(N)=O)[C@@H](C)O)[C@@H](C)O. The summed E-state index contributed by atoms with van der Waals surface area (Å²) in [6, 6.07) is -6.35. The number of carboxylic acid groups (broad SMARTS) is 1. The second-order valence-corrected chi connectivity index (χ2v) is 27.2. The summed E-state index contributed by atoms with van der Waals surface area (Å²) in [6.07, 6.45) is 15.4. The van der Waals surface area contributed by atoms with E-state index in [1.54, 1.807) is 13.1 Å². The number of nitrogens with one attached hydrogen (secondary N) is 6. The van der Waals surface area contributed by atoms with Gasteiger partial charge in [-0.15, -0.1) is 0 Å². The standard InChI is InChI=1S/C37H68N10O4.C34H58N8O14/c1-3-5-6-7-8-9-10-11-12-13-14-15-16-21-34(50)46-31(20-18-23-44-37(40)41)33(49)25-28(24-29-26-42-27-45-29)35(51)47-30(32(48)4-2)19-17-22-43-36(38)39;1-16(6-8-26(35)50)31(54)41-28(17(2)45)25(49)12-20(5-4-10-39-34(37)38)32(55)40-22(15-44)23(47)13-21(14-43)33(56)42-29(18(3)46)24(48)11-19(30(36)53)7-9-27(51)52/h26-28,30-31H,3-25H2,1-2H3,(H,42,45)(H,46,50)(H,47,51)(H4,38,39,43)(H4,40,41,44);16-22,28-29,43-46H,4-15H2,1-3H3,(H2,35,50)(H2,36,53)(H,40,55)(H,41,54)(H,42,56)(H,51,52)(H4,37,38,39)/t28-,30+,31+;16-,17+,18+,19+,20+,21-,22-,28-,29-/m10/s1. The van der Waals surface area contributed by atoms with Gasteiger partial charge in [0.05, 0.1) is 55.7 Å². The van der Waals surface area contributed by atoms with Gasteiger partial charge in [-0.2, -0.15) is 0 Å². The Morgan fingerprint density at radius 3 is 1.32 bits per heavy atom. The molecule has 608 valence electrons. The maximum absolute atomic E-state index is 13.8. The number of aliphatic hydroxyl groups excluding tert-OH is 4. The number of carboxylic acids is 1. The molecule has 0 unspecified atom stereocenters. The Bertz CT molecular complexity index is 2970. The molecule has 12 atom stereocenters. The van der Waals surface area contributed by atoms with Gasteiger partial charge in [0, 0.05) is 107 Å². The van der Waals surface area contributed by atoms with E-state index in [-0.39, 0.29) is 93.3 Å². The van der Waals surface area contributed by atoms with Gasteiger partial charge < -0.3 is 103 Å². The summed E-state index contributed by atoms with van der Waals surface area (Å²) in [5, 5.41) is 62.1. The van der Waals surface area contributed by atoms with Crippen LogP contribution in [-0.2, 0) is 68.7 Å². The molecule has 0 bridgehead atoms. The minimum Gasteiger partial charge on any atom is -0.481 e. The Kier molecular flexibility index (Phi) is 52.4. The molecule has 0 fully saturated rings. The topological polar surface area (TPSA) is 657 Å². The molecule has 0 spiro atoms. The van der Waals surface area contributed by atoms with Gasteiger partial charge in [0.25, 0.3) is 0 Å². The first-order valence-corrected chi connectivity index (χ1v) is 37.3. The summed E-state index contributed by atoms with van der Waals surface area (Å²) < 4.78 is 0. The van der Waals surface area contributed by atoms with Gasteiger partial charge in [-0.05, 0) is 71.6 Å². The average Bonchev–Trinajstić information content (AvgIpc) is 1.52. The van der Waals surface area contributed by atoms with Crippen molar-refractivity contribution in [3.8, 4) is 0 Å². The molecule has 0 radical (unpaired) electrons. The van der Waals surface area contributed by atoms with E-state index in [0.717, 1.165) is 26.2 Å². The summed E-state index contributed by atoms with van der Waals surface area (Å²) >= 11 is 0. The molecule has 1 aromatic heterocycles. The number of hydrogen-bond acceptors (Lipinski definition) is 21. The fourth-order valence-corrected chi connectivity index (χ4v) is 11.4. The Morgan fingerprint density at radius 2 is 0.879 bits per heavy atom. The third kappa shape index (κ3) is 45.9. The van der Waals surface area contributed by atoms with Crippen LogP contribution in [0.2, 0.25) is 0 Å². The molecule has 1 heterocycles. The lowest BCUT2D eigenvalue weighted by Crippen LogP contribution is -2.52. The number of aromatic nitrogens is 2. The number of carbonyl (C=O) groups excluding carboxylic acids is 12. The molecule has 0 aliphatic rings. The first-order chi connectivity index (χ1) is 50.6. The maximum Gasteiger partial charge on any atom is 0.303 e. The monoisotopic (exact) mass is 1520 g/mol. The number of ketones is 5. The van der Waals surface area contributed by atoms with E-state index in [4.69, 9.17) is 51.0 Å². The van der Waals surface area contributed by atoms with Crippen molar-refractivity contribution in [3.05, 3.63) is 18.2 Å². The number of H-pyrrole nitrogens is 1. The van der Waals surface area contributed by atoms with Crippen molar-refractivity contribution < 1.29 is 87.9 Å². The van der Waals surface area contributed by atoms with Crippen molar-refractivity contribution in [1.82, 2.24) is 36.6 Å². The van der Waals surface area contributed by atoms with Gasteiger partial charge in [-0.1, -0.05) is 97.8 Å². The molecular formula is C71H126N18O18. The predicted octanol–water partition coefficient (Wildman–Crippen LogP) is -0.717. The van der Waals surface area contributed by atoms with Crippen molar-refractivity contribution in [2.45, 2.75) is 270 Å². The second kappa shape index (κ2) is 57.2. The van der Waals surface area contributed by atoms with E-state index in [0.29, 0.717) is 50.9 Å². The first-order valence-electron chi connectivity index (χ1n) is 37.3. The van der Waals surface area contributed by atoms with Crippen molar-refractivity contribution in [2.75, 3.05) is 32.8 Å². The molecule has 1 rings (SSSR count). The summed E-state index contributed by atoms with van der Waals surface area (Å²) in [5.74, 6) is -15.1. The molecule has 1 aromatic rings. The van der Waals surface area contributed by atoms with E-state index < -0.39 is 170 Å². The van der Waals surface area contributed by atoms with Gasteiger partial charge in [-0.3, -0.25) is 77.3 Å². The van der Waals surface area contributed by atoms with E-state index in [1.165, 1.54) is 84.4 Å². The Labute approximate surface area is 627 Å². The van der Waals surface area contributed by atoms with E-state index in [2.05, 4.69) is 58.5 Å². The number of primary amides is 2. The van der Waals surface area contributed by atoms with Crippen LogP contribution in [0, 0.1) is 29.6 Å². The maximum atomic E-state index is 13.8. The predicted molar refractivity (Wildman–Crippen MR) is 401 cm³/mol. The molecule has 0 aliphatic carbocycles. The second-order valence-electron chi connectivity index (χ2n) is 27.2. The van der Waals surface area contributed by atoms with Crippen molar-refractivity contribution >= 4 is 94.1 Å². The minimum atomic E-state index is -1.67. The molecule has 36 nitrogen and oxygen atoms in total. The highest BCUT2D eigenvalue weighted by Gasteiger charge is 2.37. The van der Waals surface area contributed by atoms with Crippen LogP contribution in [0.15, 0.2) is 27.5 Å². The largest absolute Gasteiger partial charge is 0.481 e. The smallest absolute Gasteiger partial charge is 0.303 e. The number of guanidine groups is 3. The molecule has 7 amide bonds. The van der Waals surface area contributed by atoms with Crippen LogP contribution in [0.25, 0.3) is 0 Å². The van der Waals surface area contributed by atoms with E-state index in [1.807, 2.05) is 0 Å². The lowest BCUT2D eigenvalue weighted by atomic mass is 9.90. The number of carbonyl (C=O) groups is 13. The molecule has 36 heteroatoms. The highest BCUT2D eigenvalue weighted by Crippen LogP contribution is 2.21. The highest BCUT2D eigenvalue weighted by atomic mass is 16.4. The molecule has 0 saturated heterocycles. The lowest BCUT2D eigenvalue weighted by Gasteiger charge is -2.26. The minimum absolute atomic E-state index is 0.0331. The number of imidazole rings is 1. The third-order valence-corrected chi connectivity index (χ3v) is 17.8. The quantitative estimate of drug-likeness (QED) is 0.0217. The molecule has 0 aromatic carbocycles. The Hall–Kier alpha value is -9.03. The van der Waals surface area contributed by atoms with Crippen LogP contribution in [0.4, 0.5) is 0 Å². The zero-order valence-corrected chi connectivity index (χ0v) is 63.3. The number of unbranched alkanes of at least 4 members (excludes halogenated alkanes) is 12. The number of nitrogens with zero attached hydrogens (tertiary/aromatic N) is 4. The summed E-state index contributed by atoms with van der Waals surface area (Å²) in [4.78, 5) is 185. The van der Waals surface area contributed by atoms with Gasteiger partial charge in [0.15, 0.2) is 46.8 Å². The molecule has 0 aliphatic heterocycles. The normalized spacial score (nSPS) is 14.4. The number of aliphatic imine (C=N–C) groups is 3. The number of aliphatic carboxylic acids is 1. The van der Waals surface area contributed by atoms with Crippen LogP contribution in [0.1, 0.15) is 227 Å². The average molecular weight is 1520 g/mol. The fourth-order valence-electron chi connectivity index (χ4n) is 11.4. The Balaban J connectivity index is 0.00000211. The number of nitrogens with two attached hydrogens (primary N) is 8. The summed E-state index contributed by atoms with van der Waals surface area (Å²) in [5.41, 5.74) is 43.6. The summed E-state index contributed by atoms with van der Waals surface area (Å²) in [7, 11) is 0. The van der Waals surface area contributed by atoms with Gasteiger partial charge in [-0.25, -0.2) is 4.98 Å². The van der Waals surface area contributed by atoms with E-state index >= 15 is 0 Å². The van der Waals surface area contributed by atoms with Crippen LogP contribution in [0.5, 0.6) is 0 Å². The lowest BCUT2D eigenvalue weighted by molar-refractivity contribution is -0.139. The number of amides is 7. The molecular weight excluding hydrogens is 1390 g/mol.